The van der Waals surface area contributed by atoms with Crippen molar-refractivity contribution in [3.05, 3.63) is 23.2 Å². The molecule has 0 fully saturated rings. The molecule has 2 aromatic heterocycles. The smallest absolute Gasteiger partial charge is 0.361 e. The van der Waals surface area contributed by atoms with Crippen LogP contribution >= 0.6 is 11.3 Å². The number of thiophene rings is 1. The first-order valence-corrected chi connectivity index (χ1v) is 9.18. The van der Waals surface area contributed by atoms with E-state index in [1.54, 1.807) is 6.92 Å². The van der Waals surface area contributed by atoms with Gasteiger partial charge in [-0.05, 0) is 18.4 Å². The molecule has 21 heavy (non-hydrogen) atoms. The molecule has 2 aromatic rings. The predicted molar refractivity (Wildman–Crippen MR) is 79.0 cm³/mol. The minimum Gasteiger partial charge on any atom is -0.461 e. The van der Waals surface area contributed by atoms with Crippen LogP contribution in [0.5, 0.6) is 0 Å². The number of ether oxygens (including phenoxy) is 1. The van der Waals surface area contributed by atoms with Gasteiger partial charge in [-0.3, -0.25) is 0 Å². The first kappa shape index (κ1) is 15.6. The Morgan fingerprint density at radius 2 is 2.24 bits per heavy atom. The van der Waals surface area contributed by atoms with Crippen LogP contribution in [0.1, 0.15) is 17.4 Å². The number of carbonyl (C=O) groups excluding carboxylic acids is 1. The summed E-state index contributed by atoms with van der Waals surface area (Å²) in [6.45, 7) is 2.08. The van der Waals surface area contributed by atoms with Crippen molar-refractivity contribution in [2.75, 3.05) is 18.6 Å². The average Bonchev–Trinajstić information content (AvgIpc) is 3.04. The zero-order valence-corrected chi connectivity index (χ0v) is 13.3. The molecular formula is C12H15N3O4S2. The highest BCUT2D eigenvalue weighted by Gasteiger charge is 2.23. The second-order valence-corrected chi connectivity index (χ2v) is 7.54. The lowest BCUT2D eigenvalue weighted by molar-refractivity contribution is 0.0520. The van der Waals surface area contributed by atoms with Gasteiger partial charge in [0.25, 0.3) is 0 Å². The molecule has 0 saturated heterocycles. The summed E-state index contributed by atoms with van der Waals surface area (Å²) < 4.78 is 29.0. The van der Waals surface area contributed by atoms with Gasteiger partial charge in [-0.25, -0.2) is 17.9 Å². The standard InChI is InChI=1S/C12H15N3O4S2/c1-3-19-12(16)10-11(9-5-4-7-20-9)15(14-13-10)6-8-21(2,17)18/h4-5,7H,3,6,8H2,1-2H3. The normalized spacial score (nSPS) is 11.5. The molecule has 0 amide bonds. The largest absolute Gasteiger partial charge is 0.461 e. The van der Waals surface area contributed by atoms with E-state index in [4.69, 9.17) is 4.74 Å². The number of hydrogen-bond acceptors (Lipinski definition) is 7. The Kier molecular flexibility index (Phi) is 4.73. The number of hydrogen-bond donors (Lipinski definition) is 0. The molecule has 0 unspecified atom stereocenters. The fraction of sp³-hybridized carbons (Fsp3) is 0.417. The Morgan fingerprint density at radius 1 is 1.48 bits per heavy atom. The number of carbonyl (C=O) groups is 1. The zero-order chi connectivity index (χ0) is 15.5. The highest BCUT2D eigenvalue weighted by molar-refractivity contribution is 7.90. The van der Waals surface area contributed by atoms with E-state index >= 15 is 0 Å². The molecule has 0 aliphatic rings. The van der Waals surface area contributed by atoms with E-state index in [0.29, 0.717) is 5.69 Å². The molecule has 0 bridgehead atoms. The predicted octanol–water partition coefficient (Wildman–Crippen LogP) is 1.23. The fourth-order valence-electron chi connectivity index (χ4n) is 1.72. The molecule has 0 atom stereocenters. The van der Waals surface area contributed by atoms with Gasteiger partial charge in [0.05, 0.1) is 23.8 Å². The van der Waals surface area contributed by atoms with Gasteiger partial charge in [-0.15, -0.1) is 16.4 Å². The molecule has 7 nitrogen and oxygen atoms in total. The lowest BCUT2D eigenvalue weighted by atomic mass is 10.2. The first-order valence-electron chi connectivity index (χ1n) is 6.24. The van der Waals surface area contributed by atoms with Crippen LogP contribution in [0.3, 0.4) is 0 Å². The summed E-state index contributed by atoms with van der Waals surface area (Å²) in [5, 5.41) is 9.59. The number of nitrogens with zero attached hydrogens (tertiary/aromatic N) is 3. The molecule has 0 aromatic carbocycles. The van der Waals surface area contributed by atoms with E-state index in [-0.39, 0.29) is 24.6 Å². The van der Waals surface area contributed by atoms with Crippen molar-refractivity contribution >= 4 is 27.1 Å². The summed E-state index contributed by atoms with van der Waals surface area (Å²) in [4.78, 5) is 12.7. The van der Waals surface area contributed by atoms with Gasteiger partial charge in [-0.1, -0.05) is 11.3 Å². The summed E-state index contributed by atoms with van der Waals surface area (Å²) in [5.74, 6) is -0.636. The Hall–Kier alpha value is -1.74. The highest BCUT2D eigenvalue weighted by Crippen LogP contribution is 2.27. The molecule has 0 spiro atoms. The van der Waals surface area contributed by atoms with Crippen molar-refractivity contribution in [2.24, 2.45) is 0 Å². The minimum absolute atomic E-state index is 0.0724. The van der Waals surface area contributed by atoms with Crippen molar-refractivity contribution in [2.45, 2.75) is 13.5 Å². The third kappa shape index (κ3) is 3.88. The van der Waals surface area contributed by atoms with Gasteiger partial charge >= 0.3 is 5.97 Å². The SMILES string of the molecule is CCOC(=O)c1nnn(CCS(C)(=O)=O)c1-c1cccs1. The van der Waals surface area contributed by atoms with Crippen LogP contribution in [-0.2, 0) is 21.1 Å². The molecule has 0 radical (unpaired) electrons. The van der Waals surface area contributed by atoms with Gasteiger partial charge in [0.2, 0.25) is 0 Å². The highest BCUT2D eigenvalue weighted by atomic mass is 32.2. The lowest BCUT2D eigenvalue weighted by Gasteiger charge is -2.05. The van der Waals surface area contributed by atoms with Crippen molar-refractivity contribution in [3.63, 3.8) is 0 Å². The Balaban J connectivity index is 2.40. The van der Waals surface area contributed by atoms with Gasteiger partial charge < -0.3 is 4.74 Å². The summed E-state index contributed by atoms with van der Waals surface area (Å²) >= 11 is 1.42. The lowest BCUT2D eigenvalue weighted by Crippen LogP contribution is -2.13. The van der Waals surface area contributed by atoms with E-state index in [1.807, 2.05) is 17.5 Å². The van der Waals surface area contributed by atoms with Gasteiger partial charge in [-0.2, -0.15) is 0 Å². The van der Waals surface area contributed by atoms with Gasteiger partial charge in [0, 0.05) is 6.26 Å². The maximum Gasteiger partial charge on any atom is 0.361 e. The second-order valence-electron chi connectivity index (χ2n) is 4.34. The summed E-state index contributed by atoms with van der Waals surface area (Å²) in [6.07, 6.45) is 1.15. The molecule has 2 rings (SSSR count). The summed E-state index contributed by atoms with van der Waals surface area (Å²) in [5.41, 5.74) is 0.597. The summed E-state index contributed by atoms with van der Waals surface area (Å²) in [7, 11) is -3.13. The number of aromatic nitrogens is 3. The fourth-order valence-corrected chi connectivity index (χ4v) is 3.00. The van der Waals surface area contributed by atoms with E-state index in [9.17, 15) is 13.2 Å². The Labute approximate surface area is 126 Å². The Morgan fingerprint density at radius 3 is 2.81 bits per heavy atom. The molecule has 0 N–H and O–H groups in total. The third-order valence-corrected chi connectivity index (χ3v) is 4.43. The molecule has 0 saturated carbocycles. The van der Waals surface area contributed by atoms with E-state index < -0.39 is 15.8 Å². The van der Waals surface area contributed by atoms with Crippen LogP contribution in [0.4, 0.5) is 0 Å². The number of rotatable bonds is 6. The van der Waals surface area contributed by atoms with Crippen LogP contribution in [0.2, 0.25) is 0 Å². The minimum atomic E-state index is -3.13. The molecule has 0 aliphatic carbocycles. The van der Waals surface area contributed by atoms with E-state index in [2.05, 4.69) is 10.3 Å². The van der Waals surface area contributed by atoms with Gasteiger partial charge in [0.1, 0.15) is 15.5 Å². The van der Waals surface area contributed by atoms with Crippen LogP contribution in [-0.4, -0.2) is 48.0 Å². The number of sulfone groups is 1. The quantitative estimate of drug-likeness (QED) is 0.740. The monoisotopic (exact) mass is 329 g/mol. The number of esters is 1. The maximum absolute atomic E-state index is 11.9. The second kappa shape index (κ2) is 6.35. The van der Waals surface area contributed by atoms with Crippen LogP contribution in [0.15, 0.2) is 17.5 Å². The van der Waals surface area contributed by atoms with Crippen LogP contribution < -0.4 is 0 Å². The van der Waals surface area contributed by atoms with Crippen molar-refractivity contribution in [3.8, 4) is 10.6 Å². The zero-order valence-electron chi connectivity index (χ0n) is 11.6. The molecule has 0 aliphatic heterocycles. The Bertz CT molecular complexity index is 720. The van der Waals surface area contributed by atoms with E-state index in [1.165, 1.54) is 16.0 Å². The molecule has 114 valence electrons. The van der Waals surface area contributed by atoms with Crippen molar-refractivity contribution in [1.29, 1.82) is 0 Å². The number of aryl methyl sites for hydroxylation is 1. The van der Waals surface area contributed by atoms with Gasteiger partial charge in [0.15, 0.2) is 5.69 Å². The average molecular weight is 329 g/mol. The topological polar surface area (TPSA) is 91.2 Å². The van der Waals surface area contributed by atoms with Crippen LogP contribution in [0, 0.1) is 0 Å². The van der Waals surface area contributed by atoms with E-state index in [0.717, 1.165) is 11.1 Å². The third-order valence-electron chi connectivity index (χ3n) is 2.63. The van der Waals surface area contributed by atoms with Crippen molar-refractivity contribution in [1.82, 2.24) is 15.0 Å². The molecule has 2 heterocycles. The first-order chi connectivity index (χ1) is 9.92. The maximum atomic E-state index is 11.9. The summed E-state index contributed by atoms with van der Waals surface area (Å²) in [6, 6.07) is 3.66. The van der Waals surface area contributed by atoms with Crippen LogP contribution in [0.25, 0.3) is 10.6 Å². The molecule has 9 heteroatoms. The molecular weight excluding hydrogens is 314 g/mol. The van der Waals surface area contributed by atoms with Crippen molar-refractivity contribution < 1.29 is 17.9 Å².